The summed E-state index contributed by atoms with van der Waals surface area (Å²) in [5, 5.41) is 7.32. The van der Waals surface area contributed by atoms with Crippen molar-refractivity contribution in [3.63, 3.8) is 0 Å². The summed E-state index contributed by atoms with van der Waals surface area (Å²) in [5.74, 6) is -0.251. The highest BCUT2D eigenvalue weighted by Gasteiger charge is 2.12. The number of carbonyl (C=O) groups is 1. The molecule has 0 aliphatic carbocycles. The molecule has 1 heterocycles. The molecule has 5 nitrogen and oxygen atoms in total. The number of aryl methyl sites for hydroxylation is 2. The van der Waals surface area contributed by atoms with Gasteiger partial charge < -0.3 is 5.32 Å². The Labute approximate surface area is 158 Å². The highest BCUT2D eigenvalue weighted by molar-refractivity contribution is 5.76. The van der Waals surface area contributed by atoms with Crippen molar-refractivity contribution < 1.29 is 4.79 Å². The summed E-state index contributed by atoms with van der Waals surface area (Å²) >= 11 is 0. The van der Waals surface area contributed by atoms with Gasteiger partial charge in [0.15, 0.2) is 0 Å². The fourth-order valence-corrected chi connectivity index (χ4v) is 2.97. The molecule has 27 heavy (non-hydrogen) atoms. The first kappa shape index (κ1) is 18.6. The Morgan fingerprint density at radius 3 is 2.56 bits per heavy atom. The molecule has 2 aromatic carbocycles. The van der Waals surface area contributed by atoms with Crippen molar-refractivity contribution in [2.45, 2.75) is 33.4 Å². The van der Waals surface area contributed by atoms with E-state index in [1.165, 1.54) is 10.7 Å². The second kappa shape index (κ2) is 7.99. The van der Waals surface area contributed by atoms with Crippen LogP contribution in [0.4, 0.5) is 0 Å². The SMILES string of the molecule is Cc1ccc(C)c(-c2ccc(=O)n(CC(=O)NC(C)c3ccccc3)n2)c1. The van der Waals surface area contributed by atoms with Crippen LogP contribution >= 0.6 is 0 Å². The Morgan fingerprint density at radius 1 is 1.07 bits per heavy atom. The number of benzene rings is 2. The van der Waals surface area contributed by atoms with Crippen molar-refractivity contribution >= 4 is 5.91 Å². The van der Waals surface area contributed by atoms with Crippen molar-refractivity contribution in [2.75, 3.05) is 0 Å². The van der Waals surface area contributed by atoms with Crippen molar-refractivity contribution in [2.24, 2.45) is 0 Å². The van der Waals surface area contributed by atoms with Crippen LogP contribution in [-0.4, -0.2) is 15.7 Å². The second-order valence-electron chi connectivity index (χ2n) is 6.73. The van der Waals surface area contributed by atoms with Gasteiger partial charge in [0.25, 0.3) is 5.56 Å². The Balaban J connectivity index is 1.80. The lowest BCUT2D eigenvalue weighted by Gasteiger charge is -2.15. The molecule has 0 saturated heterocycles. The highest BCUT2D eigenvalue weighted by Crippen LogP contribution is 2.21. The standard InChI is InChI=1S/C22H23N3O2/c1-15-9-10-16(2)19(13-15)20-11-12-22(27)25(24-20)14-21(26)23-17(3)18-7-5-4-6-8-18/h4-13,17H,14H2,1-3H3,(H,23,26). The van der Waals surface area contributed by atoms with Crippen molar-refractivity contribution in [3.05, 3.63) is 87.7 Å². The fraction of sp³-hybridized carbons (Fsp3) is 0.227. The largest absolute Gasteiger partial charge is 0.348 e. The molecule has 0 fully saturated rings. The zero-order valence-corrected chi connectivity index (χ0v) is 15.8. The smallest absolute Gasteiger partial charge is 0.267 e. The van der Waals surface area contributed by atoms with E-state index in [2.05, 4.69) is 10.4 Å². The molecule has 3 rings (SSSR count). The molecule has 138 valence electrons. The molecule has 1 N–H and O–H groups in total. The van der Waals surface area contributed by atoms with E-state index in [9.17, 15) is 9.59 Å². The molecule has 1 amide bonds. The van der Waals surface area contributed by atoms with E-state index < -0.39 is 0 Å². The van der Waals surface area contributed by atoms with Gasteiger partial charge in [-0.3, -0.25) is 9.59 Å². The van der Waals surface area contributed by atoms with Crippen LogP contribution in [0, 0.1) is 13.8 Å². The number of nitrogens with zero attached hydrogens (tertiary/aromatic N) is 2. The van der Waals surface area contributed by atoms with Crippen LogP contribution in [0.3, 0.4) is 0 Å². The molecule has 5 heteroatoms. The van der Waals surface area contributed by atoms with E-state index in [0.717, 1.165) is 22.3 Å². The molecule has 0 aliphatic heterocycles. The molecule has 0 bridgehead atoms. The summed E-state index contributed by atoms with van der Waals surface area (Å²) in [4.78, 5) is 24.6. The van der Waals surface area contributed by atoms with E-state index >= 15 is 0 Å². The summed E-state index contributed by atoms with van der Waals surface area (Å²) in [5.41, 5.74) is 4.54. The maximum Gasteiger partial charge on any atom is 0.267 e. The molecule has 1 unspecified atom stereocenters. The molecule has 3 aromatic rings. The summed E-state index contributed by atoms with van der Waals surface area (Å²) in [6.45, 7) is 5.81. The van der Waals surface area contributed by atoms with Gasteiger partial charge in [0, 0.05) is 11.6 Å². The molecule has 1 atom stereocenters. The zero-order chi connectivity index (χ0) is 19.4. The van der Waals surface area contributed by atoms with Gasteiger partial charge in [0.05, 0.1) is 11.7 Å². The van der Waals surface area contributed by atoms with Crippen molar-refractivity contribution in [1.29, 1.82) is 0 Å². The number of aromatic nitrogens is 2. The average molecular weight is 361 g/mol. The number of carbonyl (C=O) groups excluding carboxylic acids is 1. The number of hydrogen-bond donors (Lipinski definition) is 1. The van der Waals surface area contributed by atoms with Gasteiger partial charge in [-0.15, -0.1) is 0 Å². The molecule has 0 spiro atoms. The van der Waals surface area contributed by atoms with Crippen LogP contribution in [0.2, 0.25) is 0 Å². The number of hydrogen-bond acceptors (Lipinski definition) is 3. The third kappa shape index (κ3) is 4.50. The second-order valence-corrected chi connectivity index (χ2v) is 6.73. The van der Waals surface area contributed by atoms with Gasteiger partial charge in [-0.25, -0.2) is 4.68 Å². The summed E-state index contributed by atoms with van der Waals surface area (Å²) in [6, 6.07) is 18.8. The van der Waals surface area contributed by atoms with Gasteiger partial charge in [0.2, 0.25) is 5.91 Å². The van der Waals surface area contributed by atoms with Gasteiger partial charge in [-0.05, 0) is 44.0 Å². The van der Waals surface area contributed by atoms with Crippen LogP contribution in [0.5, 0.6) is 0 Å². The van der Waals surface area contributed by atoms with Gasteiger partial charge in [0.1, 0.15) is 6.54 Å². The third-order valence-corrected chi connectivity index (χ3v) is 4.51. The Bertz CT molecular complexity index is 1010. The molecule has 0 radical (unpaired) electrons. The Kier molecular flexibility index (Phi) is 5.50. The lowest BCUT2D eigenvalue weighted by Crippen LogP contribution is -2.34. The van der Waals surface area contributed by atoms with E-state index in [0.29, 0.717) is 5.69 Å². The minimum absolute atomic E-state index is 0.116. The lowest BCUT2D eigenvalue weighted by atomic mass is 10.0. The maximum absolute atomic E-state index is 12.4. The summed E-state index contributed by atoms with van der Waals surface area (Å²) < 4.78 is 1.21. The molecule has 0 aliphatic rings. The topological polar surface area (TPSA) is 64.0 Å². The molecular weight excluding hydrogens is 338 g/mol. The quantitative estimate of drug-likeness (QED) is 0.757. The van der Waals surface area contributed by atoms with Gasteiger partial charge in [-0.1, -0.05) is 48.0 Å². The van der Waals surface area contributed by atoms with Crippen LogP contribution in [0.1, 0.15) is 29.7 Å². The fourth-order valence-electron chi connectivity index (χ4n) is 2.97. The van der Waals surface area contributed by atoms with E-state index in [-0.39, 0.29) is 24.1 Å². The zero-order valence-electron chi connectivity index (χ0n) is 15.8. The highest BCUT2D eigenvalue weighted by atomic mass is 16.2. The molecule has 0 saturated carbocycles. The van der Waals surface area contributed by atoms with E-state index in [1.54, 1.807) is 6.07 Å². The monoisotopic (exact) mass is 361 g/mol. The Hall–Kier alpha value is -3.21. The number of amides is 1. The first-order valence-electron chi connectivity index (χ1n) is 8.94. The van der Waals surface area contributed by atoms with Crippen LogP contribution in [0.25, 0.3) is 11.3 Å². The summed E-state index contributed by atoms with van der Waals surface area (Å²) in [7, 11) is 0. The predicted octanol–water partition coefficient (Wildman–Crippen LogP) is 3.40. The first-order valence-corrected chi connectivity index (χ1v) is 8.94. The maximum atomic E-state index is 12.4. The molecule has 1 aromatic heterocycles. The lowest BCUT2D eigenvalue weighted by molar-refractivity contribution is -0.122. The first-order chi connectivity index (χ1) is 12.9. The normalized spacial score (nSPS) is 11.8. The van der Waals surface area contributed by atoms with Crippen LogP contribution < -0.4 is 10.9 Å². The minimum atomic E-state index is -0.299. The molecular formula is C22H23N3O2. The van der Waals surface area contributed by atoms with Crippen molar-refractivity contribution in [1.82, 2.24) is 15.1 Å². The van der Waals surface area contributed by atoms with Gasteiger partial charge >= 0.3 is 0 Å². The Morgan fingerprint density at radius 2 is 1.81 bits per heavy atom. The predicted molar refractivity (Wildman–Crippen MR) is 106 cm³/mol. The van der Waals surface area contributed by atoms with E-state index in [4.69, 9.17) is 0 Å². The van der Waals surface area contributed by atoms with Crippen molar-refractivity contribution in [3.8, 4) is 11.3 Å². The van der Waals surface area contributed by atoms with E-state index in [1.807, 2.05) is 69.3 Å². The average Bonchev–Trinajstić information content (AvgIpc) is 2.66. The van der Waals surface area contributed by atoms with Crippen LogP contribution in [-0.2, 0) is 11.3 Å². The van der Waals surface area contributed by atoms with Gasteiger partial charge in [-0.2, -0.15) is 5.10 Å². The number of rotatable bonds is 5. The summed E-state index contributed by atoms with van der Waals surface area (Å²) in [6.07, 6.45) is 0. The van der Waals surface area contributed by atoms with Crippen LogP contribution in [0.15, 0.2) is 65.5 Å². The third-order valence-electron chi connectivity index (χ3n) is 4.51. The number of nitrogens with one attached hydrogen (secondary N) is 1. The minimum Gasteiger partial charge on any atom is -0.348 e.